The van der Waals surface area contributed by atoms with E-state index in [1.54, 1.807) is 12.1 Å². The normalized spacial score (nSPS) is 13.3. The molecular weight excluding hydrogens is 330 g/mol. The highest BCUT2D eigenvalue weighted by Gasteiger charge is 2.17. The molecule has 0 bridgehead atoms. The molecule has 0 aliphatic rings. The van der Waals surface area contributed by atoms with Crippen LogP contribution in [0.15, 0.2) is 24.3 Å². The van der Waals surface area contributed by atoms with Crippen LogP contribution in [-0.2, 0) is 16.4 Å². The van der Waals surface area contributed by atoms with Crippen LogP contribution in [0.1, 0.15) is 33.3 Å². The highest BCUT2D eigenvalue weighted by atomic mass is 32.2. The number of nitrogens with zero attached hydrogens (tertiary/aromatic N) is 1. The molecule has 5 nitrogen and oxygen atoms in total. The molecule has 0 aliphatic carbocycles. The molecule has 0 amide bonds. The van der Waals surface area contributed by atoms with Crippen molar-refractivity contribution in [3.05, 3.63) is 29.8 Å². The summed E-state index contributed by atoms with van der Waals surface area (Å²) in [6.45, 7) is 9.56. The first-order chi connectivity index (χ1) is 10.1. The van der Waals surface area contributed by atoms with E-state index in [4.69, 9.17) is 5.73 Å². The van der Waals surface area contributed by atoms with Crippen molar-refractivity contribution in [1.29, 1.82) is 0 Å². The number of nitrogens with one attached hydrogen (secondary N) is 1. The van der Waals surface area contributed by atoms with Gasteiger partial charge in [0, 0.05) is 30.4 Å². The van der Waals surface area contributed by atoms with Crippen LogP contribution in [0.25, 0.3) is 0 Å². The molecule has 0 aromatic heterocycles. The molecule has 134 valence electrons. The first-order valence-electron chi connectivity index (χ1n) is 7.66. The molecule has 0 heterocycles. The third-order valence-corrected chi connectivity index (χ3v) is 4.13. The first-order valence-corrected chi connectivity index (χ1v) is 9.55. The number of hydrogen-bond donors (Lipinski definition) is 2. The molecule has 0 saturated carbocycles. The third-order valence-electron chi connectivity index (χ3n) is 3.53. The number of sulfonamides is 1. The maximum atomic E-state index is 11.2. The second-order valence-corrected chi connectivity index (χ2v) is 8.17. The lowest BCUT2D eigenvalue weighted by Gasteiger charge is -2.32. The molecule has 1 atom stereocenters. The van der Waals surface area contributed by atoms with Gasteiger partial charge in [0.1, 0.15) is 0 Å². The average Bonchev–Trinajstić information content (AvgIpc) is 2.36. The molecule has 1 aromatic rings. The van der Waals surface area contributed by atoms with Crippen LogP contribution in [0.2, 0.25) is 0 Å². The number of anilines is 1. The number of rotatable bonds is 8. The molecule has 7 heteroatoms. The summed E-state index contributed by atoms with van der Waals surface area (Å²) in [5.74, 6) is 0. The predicted molar refractivity (Wildman–Crippen MR) is 104 cm³/mol. The maximum absolute atomic E-state index is 11.2. The number of nitrogens with two attached hydrogens (primary N) is 1. The summed E-state index contributed by atoms with van der Waals surface area (Å²) >= 11 is 0. The van der Waals surface area contributed by atoms with Gasteiger partial charge in [-0.15, -0.1) is 0 Å². The third kappa shape index (κ3) is 8.60. The fraction of sp³-hybridized carbons (Fsp3) is 0.625. The van der Waals surface area contributed by atoms with E-state index in [0.717, 1.165) is 24.8 Å². The maximum Gasteiger partial charge on any atom is 0.229 e. The van der Waals surface area contributed by atoms with Crippen molar-refractivity contribution in [1.82, 2.24) is 4.90 Å². The van der Waals surface area contributed by atoms with Gasteiger partial charge in [0.05, 0.1) is 6.26 Å². The van der Waals surface area contributed by atoms with Crippen molar-refractivity contribution in [2.75, 3.05) is 17.5 Å². The Hall–Kier alpha value is -0.760. The molecule has 0 spiro atoms. The van der Waals surface area contributed by atoms with Crippen molar-refractivity contribution < 1.29 is 8.42 Å². The lowest BCUT2D eigenvalue weighted by molar-refractivity contribution is 0.164. The van der Waals surface area contributed by atoms with Gasteiger partial charge in [-0.2, -0.15) is 13.5 Å². The zero-order chi connectivity index (χ0) is 16.9. The number of benzene rings is 1. The van der Waals surface area contributed by atoms with Gasteiger partial charge in [0.25, 0.3) is 0 Å². The minimum atomic E-state index is -3.23. The van der Waals surface area contributed by atoms with E-state index in [9.17, 15) is 8.42 Å². The van der Waals surface area contributed by atoms with Crippen LogP contribution >= 0.6 is 13.5 Å². The van der Waals surface area contributed by atoms with Crippen molar-refractivity contribution in [2.24, 2.45) is 5.73 Å². The Balaban J connectivity index is 0.00000484. The van der Waals surface area contributed by atoms with Gasteiger partial charge in [-0.1, -0.05) is 12.1 Å². The SMILES string of the molecule is CC(C)N(C[C@@H](N)Cc1ccc(NS(C)(=O)=O)cc1)C(C)C.S. The van der Waals surface area contributed by atoms with Crippen molar-refractivity contribution in [3.8, 4) is 0 Å². The van der Waals surface area contributed by atoms with E-state index in [-0.39, 0.29) is 19.5 Å². The zero-order valence-corrected chi connectivity index (χ0v) is 16.5. The molecule has 0 saturated heterocycles. The van der Waals surface area contributed by atoms with Crippen LogP contribution in [0.5, 0.6) is 0 Å². The molecule has 3 N–H and O–H groups in total. The summed E-state index contributed by atoms with van der Waals surface area (Å²) < 4.78 is 24.8. The Morgan fingerprint density at radius 3 is 1.96 bits per heavy atom. The molecular formula is C16H31N3O2S2. The Bertz CT molecular complexity index is 549. The molecule has 0 fully saturated rings. The molecule has 0 radical (unpaired) electrons. The van der Waals surface area contributed by atoms with Crippen LogP contribution in [0, 0.1) is 0 Å². The Morgan fingerprint density at radius 1 is 1.09 bits per heavy atom. The molecule has 0 unspecified atom stereocenters. The summed E-state index contributed by atoms with van der Waals surface area (Å²) in [6, 6.07) is 8.36. The molecule has 0 aliphatic heterocycles. The van der Waals surface area contributed by atoms with Gasteiger partial charge in [-0.05, 0) is 51.8 Å². The van der Waals surface area contributed by atoms with E-state index in [1.165, 1.54) is 0 Å². The second-order valence-electron chi connectivity index (χ2n) is 6.42. The topological polar surface area (TPSA) is 75.4 Å². The average molecular weight is 362 g/mol. The van der Waals surface area contributed by atoms with Crippen molar-refractivity contribution >= 4 is 29.2 Å². The fourth-order valence-electron chi connectivity index (χ4n) is 2.58. The van der Waals surface area contributed by atoms with Crippen LogP contribution in [0.3, 0.4) is 0 Å². The minimum absolute atomic E-state index is 0. The summed E-state index contributed by atoms with van der Waals surface area (Å²) in [5, 5.41) is 0. The lowest BCUT2D eigenvalue weighted by atomic mass is 10.0. The predicted octanol–water partition coefficient (Wildman–Crippen LogP) is 2.16. The minimum Gasteiger partial charge on any atom is -0.326 e. The quantitative estimate of drug-likeness (QED) is 0.744. The highest BCUT2D eigenvalue weighted by Crippen LogP contribution is 2.13. The Labute approximate surface area is 148 Å². The standard InChI is InChI=1S/C16H29N3O2S.H2S/c1-12(2)19(13(3)4)11-15(17)10-14-6-8-16(9-7-14)18-22(5,20)21;/h6-9,12-13,15,18H,10-11,17H2,1-5H3;1H2/t15-;/m0./s1. The summed E-state index contributed by atoms with van der Waals surface area (Å²) in [5.41, 5.74) is 7.95. The van der Waals surface area contributed by atoms with Gasteiger partial charge >= 0.3 is 0 Å². The second kappa shape index (κ2) is 9.52. The molecule has 23 heavy (non-hydrogen) atoms. The summed E-state index contributed by atoms with van der Waals surface area (Å²) in [4.78, 5) is 2.38. The van der Waals surface area contributed by atoms with E-state index in [1.807, 2.05) is 12.1 Å². The van der Waals surface area contributed by atoms with E-state index < -0.39 is 10.0 Å². The first kappa shape index (κ1) is 22.2. The molecule has 1 aromatic carbocycles. The van der Waals surface area contributed by atoms with E-state index >= 15 is 0 Å². The Kier molecular flexibility index (Phi) is 9.20. The van der Waals surface area contributed by atoms with E-state index in [2.05, 4.69) is 37.3 Å². The van der Waals surface area contributed by atoms with Gasteiger partial charge in [-0.3, -0.25) is 9.62 Å². The van der Waals surface area contributed by atoms with Crippen LogP contribution in [0.4, 0.5) is 5.69 Å². The highest BCUT2D eigenvalue weighted by molar-refractivity contribution is 7.92. The monoisotopic (exact) mass is 361 g/mol. The smallest absolute Gasteiger partial charge is 0.229 e. The van der Waals surface area contributed by atoms with Gasteiger partial charge in [0.15, 0.2) is 0 Å². The van der Waals surface area contributed by atoms with Gasteiger partial charge in [0.2, 0.25) is 10.0 Å². The summed E-state index contributed by atoms with van der Waals surface area (Å²) in [6.07, 6.45) is 1.92. The van der Waals surface area contributed by atoms with E-state index in [0.29, 0.717) is 17.8 Å². The lowest BCUT2D eigenvalue weighted by Crippen LogP contribution is -2.45. The molecule has 1 rings (SSSR count). The Morgan fingerprint density at radius 2 is 1.57 bits per heavy atom. The van der Waals surface area contributed by atoms with Gasteiger partial charge < -0.3 is 5.73 Å². The van der Waals surface area contributed by atoms with Crippen molar-refractivity contribution in [2.45, 2.75) is 52.2 Å². The zero-order valence-electron chi connectivity index (χ0n) is 14.7. The van der Waals surface area contributed by atoms with Crippen molar-refractivity contribution in [3.63, 3.8) is 0 Å². The summed E-state index contributed by atoms with van der Waals surface area (Å²) in [7, 11) is -3.23. The van der Waals surface area contributed by atoms with Crippen LogP contribution < -0.4 is 10.5 Å². The van der Waals surface area contributed by atoms with Crippen LogP contribution in [-0.4, -0.2) is 44.2 Å². The largest absolute Gasteiger partial charge is 0.326 e. The number of hydrogen-bond acceptors (Lipinski definition) is 4. The fourth-order valence-corrected chi connectivity index (χ4v) is 3.14. The van der Waals surface area contributed by atoms with Gasteiger partial charge in [-0.25, -0.2) is 8.42 Å².